The van der Waals surface area contributed by atoms with Crippen molar-refractivity contribution < 1.29 is 4.79 Å². The highest BCUT2D eigenvalue weighted by molar-refractivity contribution is 6.33. The molecule has 0 saturated carbocycles. The Morgan fingerprint density at radius 1 is 1.50 bits per heavy atom. The standard InChI is InChI=1S/C13H20ClN3O/c1-4-6-10(5-2)17-13(18)9-7-11(14)12(15-3)16-8-9/h7-8,10H,4-6H2,1-3H3,(H,15,16)(H,17,18). The monoisotopic (exact) mass is 269 g/mol. The fraction of sp³-hybridized carbons (Fsp3) is 0.538. The van der Waals surface area contributed by atoms with Gasteiger partial charge in [0.1, 0.15) is 5.82 Å². The number of pyridine rings is 1. The highest BCUT2D eigenvalue weighted by atomic mass is 35.5. The summed E-state index contributed by atoms with van der Waals surface area (Å²) in [6.45, 7) is 4.17. The van der Waals surface area contributed by atoms with E-state index in [4.69, 9.17) is 11.6 Å². The summed E-state index contributed by atoms with van der Waals surface area (Å²) in [5, 5.41) is 6.30. The molecule has 0 aliphatic heterocycles. The zero-order chi connectivity index (χ0) is 13.5. The average molecular weight is 270 g/mol. The van der Waals surface area contributed by atoms with Crippen LogP contribution >= 0.6 is 11.6 Å². The Morgan fingerprint density at radius 2 is 2.22 bits per heavy atom. The summed E-state index contributed by atoms with van der Waals surface area (Å²) < 4.78 is 0. The minimum absolute atomic E-state index is 0.118. The third-order valence-corrected chi connectivity index (χ3v) is 3.09. The Hall–Kier alpha value is -1.29. The van der Waals surface area contributed by atoms with Crippen LogP contribution in [0.25, 0.3) is 0 Å². The fourth-order valence-electron chi connectivity index (χ4n) is 1.74. The zero-order valence-electron chi connectivity index (χ0n) is 11.1. The first-order chi connectivity index (χ1) is 8.62. The molecular weight excluding hydrogens is 250 g/mol. The lowest BCUT2D eigenvalue weighted by Crippen LogP contribution is -2.34. The number of halogens is 1. The van der Waals surface area contributed by atoms with Crippen LogP contribution in [0.5, 0.6) is 0 Å². The van der Waals surface area contributed by atoms with Gasteiger partial charge in [0.05, 0.1) is 10.6 Å². The van der Waals surface area contributed by atoms with Gasteiger partial charge < -0.3 is 10.6 Å². The van der Waals surface area contributed by atoms with E-state index in [-0.39, 0.29) is 11.9 Å². The molecule has 1 rings (SSSR count). The van der Waals surface area contributed by atoms with Crippen LogP contribution in [-0.2, 0) is 0 Å². The van der Waals surface area contributed by atoms with Crippen molar-refractivity contribution in [1.29, 1.82) is 0 Å². The number of nitrogens with zero attached hydrogens (tertiary/aromatic N) is 1. The molecule has 0 aliphatic carbocycles. The Balaban J connectivity index is 2.74. The summed E-state index contributed by atoms with van der Waals surface area (Å²) in [6.07, 6.45) is 4.50. The van der Waals surface area contributed by atoms with E-state index in [1.165, 1.54) is 6.20 Å². The van der Waals surface area contributed by atoms with Crippen molar-refractivity contribution in [2.24, 2.45) is 0 Å². The first kappa shape index (κ1) is 14.8. The van der Waals surface area contributed by atoms with Crippen LogP contribution in [0.2, 0.25) is 5.02 Å². The van der Waals surface area contributed by atoms with E-state index in [0.717, 1.165) is 19.3 Å². The van der Waals surface area contributed by atoms with Gasteiger partial charge in [-0.3, -0.25) is 4.79 Å². The second kappa shape index (κ2) is 7.21. The molecule has 100 valence electrons. The molecule has 1 atom stereocenters. The van der Waals surface area contributed by atoms with E-state index in [1.807, 2.05) is 0 Å². The molecule has 0 spiro atoms. The van der Waals surface area contributed by atoms with Crippen molar-refractivity contribution in [2.45, 2.75) is 39.2 Å². The second-order valence-corrected chi connectivity index (χ2v) is 4.58. The van der Waals surface area contributed by atoms with Gasteiger partial charge in [-0.15, -0.1) is 0 Å². The van der Waals surface area contributed by atoms with Crippen LogP contribution in [-0.4, -0.2) is 24.0 Å². The van der Waals surface area contributed by atoms with Crippen molar-refractivity contribution >= 4 is 23.3 Å². The number of hydrogen-bond donors (Lipinski definition) is 2. The lowest BCUT2D eigenvalue weighted by Gasteiger charge is -2.16. The van der Waals surface area contributed by atoms with Gasteiger partial charge in [-0.1, -0.05) is 31.9 Å². The summed E-state index contributed by atoms with van der Waals surface area (Å²) >= 11 is 6.00. The normalized spacial score (nSPS) is 12.0. The number of anilines is 1. The molecule has 0 aliphatic rings. The quantitative estimate of drug-likeness (QED) is 0.834. The van der Waals surface area contributed by atoms with Crippen LogP contribution in [0, 0.1) is 0 Å². The molecule has 18 heavy (non-hydrogen) atoms. The molecule has 2 N–H and O–H groups in total. The van der Waals surface area contributed by atoms with E-state index in [9.17, 15) is 4.79 Å². The summed E-state index contributed by atoms with van der Waals surface area (Å²) in [6, 6.07) is 1.85. The van der Waals surface area contributed by atoms with Crippen molar-refractivity contribution in [3.05, 3.63) is 22.8 Å². The van der Waals surface area contributed by atoms with Crippen LogP contribution in [0.3, 0.4) is 0 Å². The molecule has 0 bridgehead atoms. The van der Waals surface area contributed by atoms with E-state index < -0.39 is 0 Å². The Kier molecular flexibility index (Phi) is 5.92. The Labute approximate surface area is 113 Å². The van der Waals surface area contributed by atoms with Gasteiger partial charge in [-0.25, -0.2) is 4.98 Å². The van der Waals surface area contributed by atoms with Crippen molar-refractivity contribution in [3.8, 4) is 0 Å². The molecule has 1 unspecified atom stereocenters. The highest BCUT2D eigenvalue weighted by Crippen LogP contribution is 2.19. The first-order valence-electron chi connectivity index (χ1n) is 6.26. The number of carbonyl (C=O) groups excluding carboxylic acids is 1. The topological polar surface area (TPSA) is 54.0 Å². The van der Waals surface area contributed by atoms with Crippen LogP contribution in [0.15, 0.2) is 12.3 Å². The Morgan fingerprint density at radius 3 is 2.72 bits per heavy atom. The maximum Gasteiger partial charge on any atom is 0.253 e. The smallest absolute Gasteiger partial charge is 0.253 e. The van der Waals surface area contributed by atoms with Crippen LogP contribution < -0.4 is 10.6 Å². The predicted octanol–water partition coefficient (Wildman–Crippen LogP) is 3.09. The van der Waals surface area contributed by atoms with Gasteiger partial charge in [0, 0.05) is 19.3 Å². The first-order valence-corrected chi connectivity index (χ1v) is 6.64. The number of nitrogens with one attached hydrogen (secondary N) is 2. The van der Waals surface area contributed by atoms with Crippen LogP contribution in [0.4, 0.5) is 5.82 Å². The van der Waals surface area contributed by atoms with Gasteiger partial charge >= 0.3 is 0 Å². The van der Waals surface area contributed by atoms with Gasteiger partial charge in [0.15, 0.2) is 0 Å². The van der Waals surface area contributed by atoms with Crippen molar-refractivity contribution in [2.75, 3.05) is 12.4 Å². The van der Waals surface area contributed by atoms with Gasteiger partial charge in [-0.2, -0.15) is 0 Å². The maximum absolute atomic E-state index is 12.0. The van der Waals surface area contributed by atoms with Gasteiger partial charge in [0.2, 0.25) is 0 Å². The largest absolute Gasteiger partial charge is 0.372 e. The third kappa shape index (κ3) is 3.88. The minimum atomic E-state index is -0.118. The minimum Gasteiger partial charge on any atom is -0.372 e. The molecular formula is C13H20ClN3O. The molecule has 0 radical (unpaired) electrons. The van der Waals surface area contributed by atoms with E-state index in [0.29, 0.717) is 16.4 Å². The molecule has 1 heterocycles. The highest BCUT2D eigenvalue weighted by Gasteiger charge is 2.13. The molecule has 0 aromatic carbocycles. The number of carbonyl (C=O) groups is 1. The molecule has 4 nitrogen and oxygen atoms in total. The SMILES string of the molecule is CCCC(CC)NC(=O)c1cnc(NC)c(Cl)c1. The average Bonchev–Trinajstić information content (AvgIpc) is 2.37. The van der Waals surface area contributed by atoms with Crippen molar-refractivity contribution in [3.63, 3.8) is 0 Å². The number of aromatic nitrogens is 1. The lowest BCUT2D eigenvalue weighted by molar-refractivity contribution is 0.0933. The van der Waals surface area contributed by atoms with Gasteiger partial charge in [-0.05, 0) is 18.9 Å². The molecule has 5 heteroatoms. The fourth-order valence-corrected chi connectivity index (χ4v) is 2.00. The summed E-state index contributed by atoms with van der Waals surface area (Å²) in [4.78, 5) is 16.1. The molecule has 1 amide bonds. The van der Waals surface area contributed by atoms with Crippen LogP contribution in [0.1, 0.15) is 43.5 Å². The predicted molar refractivity (Wildman–Crippen MR) is 75.2 cm³/mol. The van der Waals surface area contributed by atoms with E-state index in [1.54, 1.807) is 13.1 Å². The molecule has 0 fully saturated rings. The summed E-state index contributed by atoms with van der Waals surface area (Å²) in [5.74, 6) is 0.459. The number of amides is 1. The summed E-state index contributed by atoms with van der Waals surface area (Å²) in [7, 11) is 1.74. The third-order valence-electron chi connectivity index (χ3n) is 2.81. The maximum atomic E-state index is 12.0. The summed E-state index contributed by atoms with van der Waals surface area (Å²) in [5.41, 5.74) is 0.494. The molecule has 1 aromatic rings. The Bertz CT molecular complexity index is 409. The zero-order valence-corrected chi connectivity index (χ0v) is 11.8. The molecule has 1 aromatic heterocycles. The van der Waals surface area contributed by atoms with Crippen molar-refractivity contribution in [1.82, 2.24) is 10.3 Å². The number of rotatable bonds is 6. The molecule has 0 saturated heterocycles. The van der Waals surface area contributed by atoms with E-state index in [2.05, 4.69) is 29.5 Å². The second-order valence-electron chi connectivity index (χ2n) is 4.17. The van der Waals surface area contributed by atoms with E-state index >= 15 is 0 Å². The number of hydrogen-bond acceptors (Lipinski definition) is 3. The lowest BCUT2D eigenvalue weighted by atomic mass is 10.1. The van der Waals surface area contributed by atoms with Gasteiger partial charge in [0.25, 0.3) is 5.91 Å².